The molecule has 0 aliphatic carbocycles. The molecule has 16 heavy (non-hydrogen) atoms. The van der Waals surface area contributed by atoms with Gasteiger partial charge in [0.25, 0.3) is 0 Å². The molecule has 1 aliphatic rings. The number of nitrogens with one attached hydrogen (secondary N) is 1. The lowest BCUT2D eigenvalue weighted by Crippen LogP contribution is -2.57. The Labute approximate surface area is 102 Å². The number of rotatable bonds is 6. The molecule has 2 rings (SSSR count). The number of benzene rings is 1. The average molecular weight is 236 g/mol. The summed E-state index contributed by atoms with van der Waals surface area (Å²) >= 11 is 1.95. The Morgan fingerprint density at radius 1 is 1.31 bits per heavy atom. The summed E-state index contributed by atoms with van der Waals surface area (Å²) in [5.74, 6) is 1.19. The minimum atomic E-state index is 0.779. The molecule has 0 spiro atoms. The Kier molecular flexibility index (Phi) is 4.69. The van der Waals surface area contributed by atoms with Gasteiger partial charge in [0.15, 0.2) is 0 Å². The van der Waals surface area contributed by atoms with Crippen LogP contribution in [0.2, 0.25) is 0 Å². The van der Waals surface area contributed by atoms with E-state index in [9.17, 15) is 0 Å². The smallest absolute Gasteiger partial charge is 0.0345 e. The van der Waals surface area contributed by atoms with E-state index in [0.717, 1.165) is 6.04 Å². The van der Waals surface area contributed by atoms with Gasteiger partial charge in [0, 0.05) is 36.3 Å². The topological polar surface area (TPSA) is 15.3 Å². The molecule has 0 aromatic heterocycles. The molecule has 1 aliphatic heterocycles. The van der Waals surface area contributed by atoms with E-state index in [4.69, 9.17) is 0 Å². The minimum Gasteiger partial charge on any atom is -0.314 e. The van der Waals surface area contributed by atoms with Gasteiger partial charge in [-0.3, -0.25) is 4.90 Å². The second-order valence-corrected chi connectivity index (χ2v) is 5.27. The van der Waals surface area contributed by atoms with Crippen LogP contribution in [0, 0.1) is 0 Å². The van der Waals surface area contributed by atoms with Gasteiger partial charge in [-0.25, -0.2) is 0 Å². The molecule has 1 N–H and O–H groups in total. The van der Waals surface area contributed by atoms with E-state index in [1.165, 1.54) is 36.8 Å². The van der Waals surface area contributed by atoms with E-state index in [1.807, 2.05) is 11.8 Å². The van der Waals surface area contributed by atoms with Crippen molar-refractivity contribution in [2.24, 2.45) is 0 Å². The molecule has 0 amide bonds. The number of nitrogens with zero attached hydrogens (tertiary/aromatic N) is 1. The van der Waals surface area contributed by atoms with Gasteiger partial charge in [0.1, 0.15) is 0 Å². The molecule has 3 heteroatoms. The van der Waals surface area contributed by atoms with Crippen LogP contribution >= 0.6 is 11.8 Å². The van der Waals surface area contributed by atoms with Crippen LogP contribution in [0.25, 0.3) is 0 Å². The predicted octanol–water partition coefficient (Wildman–Crippen LogP) is 2.07. The van der Waals surface area contributed by atoms with Gasteiger partial charge >= 0.3 is 0 Å². The molecule has 2 nitrogen and oxygen atoms in total. The third-order valence-corrected chi connectivity index (χ3v) is 4.07. The van der Waals surface area contributed by atoms with Gasteiger partial charge in [0.2, 0.25) is 0 Å². The van der Waals surface area contributed by atoms with Crippen LogP contribution in [0.3, 0.4) is 0 Å². The number of likely N-dealkylation sites (N-methyl/N-ethyl adjacent to an activating group) is 1. The molecule has 0 unspecified atom stereocenters. The molecule has 0 saturated carbocycles. The lowest BCUT2D eigenvalue weighted by atomic mass is 10.1. The van der Waals surface area contributed by atoms with Crippen LogP contribution in [0.15, 0.2) is 35.2 Å². The standard InChI is InChI=1S/C13H20N2S/c1-2-15(12-10-14-11-12)8-9-16-13-6-4-3-5-7-13/h3-7,12,14H,2,8-11H2,1H3. The lowest BCUT2D eigenvalue weighted by molar-refractivity contribution is 0.162. The molecule has 0 atom stereocenters. The zero-order valence-electron chi connectivity index (χ0n) is 9.86. The Hall–Kier alpha value is -0.510. The summed E-state index contributed by atoms with van der Waals surface area (Å²) in [5.41, 5.74) is 0. The summed E-state index contributed by atoms with van der Waals surface area (Å²) in [4.78, 5) is 3.96. The van der Waals surface area contributed by atoms with Crippen molar-refractivity contribution in [1.82, 2.24) is 10.2 Å². The molecule has 1 aromatic rings. The predicted molar refractivity (Wildman–Crippen MR) is 71.1 cm³/mol. The maximum Gasteiger partial charge on any atom is 0.0345 e. The fraction of sp³-hybridized carbons (Fsp3) is 0.538. The minimum absolute atomic E-state index is 0.779. The summed E-state index contributed by atoms with van der Waals surface area (Å²) in [6.07, 6.45) is 0. The number of thioether (sulfide) groups is 1. The number of hydrogen-bond donors (Lipinski definition) is 1. The highest BCUT2D eigenvalue weighted by Crippen LogP contribution is 2.17. The average Bonchev–Trinajstić information content (AvgIpc) is 2.26. The second kappa shape index (κ2) is 6.28. The van der Waals surface area contributed by atoms with Crippen molar-refractivity contribution in [2.45, 2.75) is 17.9 Å². The van der Waals surface area contributed by atoms with Crippen LogP contribution in [0.4, 0.5) is 0 Å². The van der Waals surface area contributed by atoms with Crippen molar-refractivity contribution >= 4 is 11.8 Å². The maximum atomic E-state index is 3.34. The van der Waals surface area contributed by atoms with Gasteiger partial charge in [-0.05, 0) is 18.7 Å². The van der Waals surface area contributed by atoms with E-state index in [0.29, 0.717) is 0 Å². The molecule has 1 heterocycles. The van der Waals surface area contributed by atoms with Crippen molar-refractivity contribution in [1.29, 1.82) is 0 Å². The zero-order chi connectivity index (χ0) is 11.2. The summed E-state index contributed by atoms with van der Waals surface area (Å²) in [7, 11) is 0. The Balaban J connectivity index is 1.70. The van der Waals surface area contributed by atoms with Crippen molar-refractivity contribution < 1.29 is 0 Å². The second-order valence-electron chi connectivity index (χ2n) is 4.10. The van der Waals surface area contributed by atoms with Gasteiger partial charge in [-0.15, -0.1) is 11.8 Å². The lowest BCUT2D eigenvalue weighted by Gasteiger charge is -2.37. The molecule has 1 saturated heterocycles. The molecular weight excluding hydrogens is 216 g/mol. The largest absolute Gasteiger partial charge is 0.314 e. The number of hydrogen-bond acceptors (Lipinski definition) is 3. The van der Waals surface area contributed by atoms with E-state index < -0.39 is 0 Å². The normalized spacial score (nSPS) is 16.4. The highest BCUT2D eigenvalue weighted by atomic mass is 32.2. The van der Waals surface area contributed by atoms with Gasteiger partial charge in [0.05, 0.1) is 0 Å². The third-order valence-electron chi connectivity index (χ3n) is 3.07. The van der Waals surface area contributed by atoms with Gasteiger partial charge in [-0.1, -0.05) is 25.1 Å². The quantitative estimate of drug-likeness (QED) is 0.761. The summed E-state index contributed by atoms with van der Waals surface area (Å²) < 4.78 is 0. The fourth-order valence-electron chi connectivity index (χ4n) is 1.93. The Bertz CT molecular complexity index is 298. The first-order valence-electron chi connectivity index (χ1n) is 6.02. The zero-order valence-corrected chi connectivity index (χ0v) is 10.7. The molecule has 88 valence electrons. The van der Waals surface area contributed by atoms with Crippen LogP contribution < -0.4 is 5.32 Å². The summed E-state index contributed by atoms with van der Waals surface area (Å²) in [6.45, 7) is 6.96. The van der Waals surface area contributed by atoms with Crippen LogP contribution in [-0.4, -0.2) is 42.9 Å². The first-order chi connectivity index (χ1) is 7.90. The van der Waals surface area contributed by atoms with E-state index in [-0.39, 0.29) is 0 Å². The Morgan fingerprint density at radius 3 is 2.62 bits per heavy atom. The van der Waals surface area contributed by atoms with Crippen molar-refractivity contribution in [2.75, 3.05) is 31.9 Å². The van der Waals surface area contributed by atoms with E-state index in [1.54, 1.807) is 0 Å². The fourth-order valence-corrected chi connectivity index (χ4v) is 2.84. The SMILES string of the molecule is CCN(CCSc1ccccc1)C1CNC1. The summed E-state index contributed by atoms with van der Waals surface area (Å²) in [6, 6.07) is 11.4. The first-order valence-corrected chi connectivity index (χ1v) is 7.01. The first kappa shape index (κ1) is 12.0. The molecular formula is C13H20N2S. The highest BCUT2D eigenvalue weighted by molar-refractivity contribution is 7.99. The van der Waals surface area contributed by atoms with Crippen molar-refractivity contribution in [3.05, 3.63) is 30.3 Å². The van der Waals surface area contributed by atoms with Crippen LogP contribution in [-0.2, 0) is 0 Å². The van der Waals surface area contributed by atoms with Gasteiger partial charge < -0.3 is 5.32 Å². The highest BCUT2D eigenvalue weighted by Gasteiger charge is 2.22. The monoisotopic (exact) mass is 236 g/mol. The summed E-state index contributed by atoms with van der Waals surface area (Å²) in [5, 5.41) is 3.34. The van der Waals surface area contributed by atoms with Gasteiger partial charge in [-0.2, -0.15) is 0 Å². The van der Waals surface area contributed by atoms with Crippen LogP contribution in [0.1, 0.15) is 6.92 Å². The van der Waals surface area contributed by atoms with Crippen molar-refractivity contribution in [3.63, 3.8) is 0 Å². The van der Waals surface area contributed by atoms with E-state index in [2.05, 4.69) is 47.5 Å². The Morgan fingerprint density at radius 2 is 2.06 bits per heavy atom. The van der Waals surface area contributed by atoms with Crippen LogP contribution in [0.5, 0.6) is 0 Å². The third kappa shape index (κ3) is 3.24. The molecule has 1 aromatic carbocycles. The molecule has 1 fully saturated rings. The molecule has 0 radical (unpaired) electrons. The van der Waals surface area contributed by atoms with E-state index >= 15 is 0 Å². The molecule has 0 bridgehead atoms. The van der Waals surface area contributed by atoms with Crippen molar-refractivity contribution in [3.8, 4) is 0 Å². The maximum absolute atomic E-state index is 3.34.